The maximum atomic E-state index is 13.5. The van der Waals surface area contributed by atoms with E-state index in [2.05, 4.69) is 5.73 Å². The normalized spacial score (nSPS) is 16.3. The van der Waals surface area contributed by atoms with Crippen LogP contribution in [0, 0.1) is 0 Å². The number of allylic oxidation sites excluding steroid dienone is 1. The van der Waals surface area contributed by atoms with E-state index in [1.54, 1.807) is 0 Å². The molecule has 0 fully saturated rings. The van der Waals surface area contributed by atoms with Crippen molar-refractivity contribution >= 4 is 17.7 Å². The average molecular weight is 457 g/mol. The average Bonchev–Trinajstić information content (AvgIpc) is 2.37. The number of rotatable bonds is 4. The predicted octanol–water partition coefficient (Wildman–Crippen LogP) is 5.01. The van der Waals surface area contributed by atoms with Crippen LogP contribution in [0.5, 0.6) is 0 Å². The predicted molar refractivity (Wildman–Crippen MR) is 56.8 cm³/mol. The summed E-state index contributed by atoms with van der Waals surface area (Å²) in [6.45, 7) is 0. The Kier molecular flexibility index (Phi) is 6.46. The number of thioether (sulfide) groups is 1. The highest BCUT2D eigenvalue weighted by Crippen LogP contribution is 2.58. The first-order chi connectivity index (χ1) is 11.4. The number of nitrogens with two attached hydrogens (primary N) is 1. The van der Waals surface area contributed by atoms with Gasteiger partial charge in [-0.2, -0.15) is 52.7 Å². The minimum absolute atomic E-state index is 2.85. The van der Waals surface area contributed by atoms with Crippen molar-refractivity contribution in [2.24, 2.45) is 5.73 Å². The minimum Gasteiger partial charge on any atom is -0.365 e. The molecule has 0 saturated heterocycles. The van der Waals surface area contributed by atoms with Gasteiger partial charge in [-0.25, -0.2) is 13.2 Å². The Bertz CT molecular complexity index is 581. The minimum atomic E-state index is -7.37. The van der Waals surface area contributed by atoms with Crippen LogP contribution >= 0.6 is 11.8 Å². The van der Waals surface area contributed by atoms with E-state index in [9.17, 15) is 70.7 Å². The molecule has 0 unspecified atom stereocenters. The third-order valence-corrected chi connectivity index (χ3v) is 3.81. The van der Waals surface area contributed by atoms with Gasteiger partial charge in [0.25, 0.3) is 5.91 Å². The van der Waals surface area contributed by atoms with Crippen molar-refractivity contribution in [3.63, 3.8) is 0 Å². The highest BCUT2D eigenvalue weighted by atomic mass is 32.2. The lowest BCUT2D eigenvalue weighted by atomic mass is 10.0. The number of amides is 1. The number of hydrogen-bond acceptors (Lipinski definition) is 2. The van der Waals surface area contributed by atoms with Gasteiger partial charge >= 0.3 is 35.4 Å². The maximum absolute atomic E-state index is 13.5. The molecule has 0 aromatic heterocycles. The molecule has 2 N–H and O–H groups in total. The molecule has 0 saturated carbocycles. The third kappa shape index (κ3) is 4.34. The quantitative estimate of drug-likeness (QED) is 0.477. The summed E-state index contributed by atoms with van der Waals surface area (Å²) in [4.78, 5) is 7.11. The Morgan fingerprint density at radius 3 is 1.11 bits per heavy atom. The molecule has 0 radical (unpaired) electrons. The Morgan fingerprint density at radius 2 is 0.926 bits per heavy atom. The van der Waals surface area contributed by atoms with Crippen LogP contribution in [0.4, 0.5) is 65.9 Å². The van der Waals surface area contributed by atoms with Gasteiger partial charge < -0.3 is 5.73 Å². The van der Waals surface area contributed by atoms with Crippen LogP contribution in [0.1, 0.15) is 0 Å². The number of hydrogen-bond donors (Lipinski definition) is 1. The van der Waals surface area contributed by atoms with Crippen LogP contribution in [0.15, 0.2) is 10.7 Å². The van der Waals surface area contributed by atoms with Gasteiger partial charge in [-0.3, -0.25) is 4.79 Å². The molecule has 0 bridgehead atoms. The van der Waals surface area contributed by atoms with Crippen molar-refractivity contribution in [1.29, 1.82) is 0 Å². The molecule has 160 valence electrons. The number of carbonyl (C=O) groups is 1. The van der Waals surface area contributed by atoms with Crippen LogP contribution in [-0.4, -0.2) is 41.3 Å². The SMILES string of the molecule is NC(=O)/C(SC(F)(C(F)(F)F)C(F)(F)F)=C(\F)C(F)(C(F)(F)F)C(F)(F)F. The van der Waals surface area contributed by atoms with Crippen LogP contribution in [0.3, 0.4) is 0 Å². The molecule has 0 aliphatic heterocycles. The van der Waals surface area contributed by atoms with Gasteiger partial charge in [0.1, 0.15) is 4.91 Å². The van der Waals surface area contributed by atoms with E-state index >= 15 is 0 Å². The summed E-state index contributed by atoms with van der Waals surface area (Å²) < 4.78 is 188. The Hall–Kier alpha value is -1.49. The van der Waals surface area contributed by atoms with Gasteiger partial charge in [-0.05, 0) is 0 Å². The molecule has 1 amide bonds. The summed E-state index contributed by atoms with van der Waals surface area (Å²) in [6.07, 6.45) is -29.0. The zero-order chi connectivity index (χ0) is 22.4. The summed E-state index contributed by atoms with van der Waals surface area (Å²) >= 11 is -2.85. The largest absolute Gasteiger partial charge is 0.441 e. The molecule has 0 aliphatic rings. The van der Waals surface area contributed by atoms with E-state index < -0.39 is 63.8 Å². The third-order valence-electron chi connectivity index (χ3n) is 2.48. The molecule has 0 rings (SSSR count). The van der Waals surface area contributed by atoms with Crippen LogP contribution < -0.4 is 5.73 Å². The number of alkyl halides is 14. The molecule has 27 heavy (non-hydrogen) atoms. The topological polar surface area (TPSA) is 43.1 Å². The first kappa shape index (κ1) is 25.5. The second kappa shape index (κ2) is 6.84. The Labute approximate surface area is 141 Å². The van der Waals surface area contributed by atoms with E-state index in [4.69, 9.17) is 0 Å². The fourth-order valence-corrected chi connectivity index (χ4v) is 2.03. The summed E-state index contributed by atoms with van der Waals surface area (Å²) in [7, 11) is 0. The first-order valence-corrected chi connectivity index (χ1v) is 6.30. The van der Waals surface area contributed by atoms with E-state index in [0.717, 1.165) is 0 Å². The van der Waals surface area contributed by atoms with Gasteiger partial charge in [-0.1, -0.05) is 11.8 Å². The fourth-order valence-electron chi connectivity index (χ4n) is 1.19. The van der Waals surface area contributed by atoms with Crippen molar-refractivity contribution in [3.8, 4) is 0 Å². The van der Waals surface area contributed by atoms with Gasteiger partial charge in [0.15, 0.2) is 5.83 Å². The molecule has 2 nitrogen and oxygen atoms in total. The van der Waals surface area contributed by atoms with E-state index in [1.807, 2.05) is 0 Å². The first-order valence-electron chi connectivity index (χ1n) is 5.49. The smallest absolute Gasteiger partial charge is 0.365 e. The fraction of sp³-hybridized carbons (Fsp3) is 0.667. The lowest BCUT2D eigenvalue weighted by Crippen LogP contribution is -2.55. The highest BCUT2D eigenvalue weighted by Gasteiger charge is 2.78. The summed E-state index contributed by atoms with van der Waals surface area (Å²) in [6, 6.07) is 0. The van der Waals surface area contributed by atoms with E-state index in [0.29, 0.717) is 0 Å². The standard InChI is InChI=1S/C9H2F15NOS/c10-2(4(11,6(13,14)15)7(16,17)18)1(3(25)26)27-5(12,8(19,20)21)9(22,23)24/h(H2,25,26)/b2-1+. The number of carbonyl (C=O) groups excluding carboxylic acids is 1. The van der Waals surface area contributed by atoms with Crippen LogP contribution in [-0.2, 0) is 4.79 Å². The van der Waals surface area contributed by atoms with Crippen molar-refractivity contribution < 1.29 is 70.7 Å². The molecule has 0 spiro atoms. The summed E-state index contributed by atoms with van der Waals surface area (Å²) in [5.74, 6) is -7.71. The second-order valence-electron chi connectivity index (χ2n) is 4.35. The van der Waals surface area contributed by atoms with E-state index in [-0.39, 0.29) is 0 Å². The molecule has 0 aliphatic carbocycles. The maximum Gasteiger partial charge on any atom is 0.441 e. The zero-order valence-corrected chi connectivity index (χ0v) is 12.4. The Balaban J connectivity index is 6.92. The van der Waals surface area contributed by atoms with Crippen LogP contribution in [0.25, 0.3) is 0 Å². The Morgan fingerprint density at radius 1 is 0.630 bits per heavy atom. The summed E-state index contributed by atoms with van der Waals surface area (Å²) in [5.41, 5.74) is -3.30. The lowest BCUT2D eigenvalue weighted by molar-refractivity contribution is -0.331. The summed E-state index contributed by atoms with van der Waals surface area (Å²) in [5, 5.41) is -6.81. The van der Waals surface area contributed by atoms with Crippen molar-refractivity contribution in [1.82, 2.24) is 0 Å². The van der Waals surface area contributed by atoms with Crippen molar-refractivity contribution in [3.05, 3.63) is 10.7 Å². The van der Waals surface area contributed by atoms with E-state index in [1.165, 1.54) is 0 Å². The van der Waals surface area contributed by atoms with Gasteiger partial charge in [0, 0.05) is 0 Å². The molecule has 0 aromatic carbocycles. The molecule has 0 aromatic rings. The van der Waals surface area contributed by atoms with Gasteiger partial charge in [0.05, 0.1) is 0 Å². The second-order valence-corrected chi connectivity index (χ2v) is 5.53. The van der Waals surface area contributed by atoms with Crippen molar-refractivity contribution in [2.45, 2.75) is 35.4 Å². The van der Waals surface area contributed by atoms with Gasteiger partial charge in [-0.15, -0.1) is 0 Å². The van der Waals surface area contributed by atoms with Gasteiger partial charge in [0.2, 0.25) is 0 Å². The molecular weight excluding hydrogens is 455 g/mol. The molecule has 0 heterocycles. The lowest BCUT2D eigenvalue weighted by Gasteiger charge is -2.32. The highest BCUT2D eigenvalue weighted by molar-refractivity contribution is 8.05. The van der Waals surface area contributed by atoms with Crippen molar-refractivity contribution in [2.75, 3.05) is 0 Å². The number of primary amides is 1. The molecule has 0 atom stereocenters. The van der Waals surface area contributed by atoms with Crippen LogP contribution in [0.2, 0.25) is 0 Å². The molecular formula is C9H2F15NOS. The molecule has 18 heteroatoms. The monoisotopic (exact) mass is 457 g/mol. The zero-order valence-electron chi connectivity index (χ0n) is 11.6. The number of halogens is 15.